The van der Waals surface area contributed by atoms with Gasteiger partial charge < -0.3 is 5.32 Å². The van der Waals surface area contributed by atoms with Gasteiger partial charge in [0.25, 0.3) is 15.9 Å². The van der Waals surface area contributed by atoms with E-state index in [-0.39, 0.29) is 21.2 Å². The van der Waals surface area contributed by atoms with Gasteiger partial charge in [-0.15, -0.1) is 0 Å². The van der Waals surface area contributed by atoms with Gasteiger partial charge >= 0.3 is 0 Å². The fraction of sp³-hybridized carbons (Fsp3) is 0.0435. The number of nitrogens with zero attached hydrogens (tertiary/aromatic N) is 2. The molecule has 1 heterocycles. The van der Waals surface area contributed by atoms with Crippen molar-refractivity contribution in [3.8, 4) is 0 Å². The SMILES string of the molecule is CN(c1ccc(F)cc1)S(=O)(=O)c1ccc(Cl)c(C(=O)Nc2cccc3cccnc23)c1. The Balaban J connectivity index is 1.67. The molecular formula is C23H17ClFN3O3S. The summed E-state index contributed by atoms with van der Waals surface area (Å²) in [5, 5.41) is 3.69. The van der Waals surface area contributed by atoms with Crippen LogP contribution in [0.1, 0.15) is 10.4 Å². The van der Waals surface area contributed by atoms with Gasteiger partial charge in [0, 0.05) is 18.6 Å². The number of carbonyl (C=O) groups is 1. The zero-order chi connectivity index (χ0) is 22.9. The molecule has 4 rings (SSSR count). The topological polar surface area (TPSA) is 79.4 Å². The smallest absolute Gasteiger partial charge is 0.264 e. The first-order valence-electron chi connectivity index (χ1n) is 9.46. The van der Waals surface area contributed by atoms with Crippen LogP contribution in [0, 0.1) is 5.82 Å². The normalized spacial score (nSPS) is 11.3. The van der Waals surface area contributed by atoms with Crippen molar-refractivity contribution in [2.24, 2.45) is 0 Å². The third-order valence-electron chi connectivity index (χ3n) is 4.91. The largest absolute Gasteiger partial charge is 0.320 e. The van der Waals surface area contributed by atoms with Crippen molar-refractivity contribution in [3.63, 3.8) is 0 Å². The fourth-order valence-electron chi connectivity index (χ4n) is 3.18. The number of pyridine rings is 1. The average molecular weight is 470 g/mol. The van der Waals surface area contributed by atoms with Crippen LogP contribution in [0.25, 0.3) is 10.9 Å². The summed E-state index contributed by atoms with van der Waals surface area (Å²) in [5.41, 5.74) is 1.34. The van der Waals surface area contributed by atoms with Gasteiger partial charge in [-0.05, 0) is 54.6 Å². The highest BCUT2D eigenvalue weighted by molar-refractivity contribution is 7.92. The first-order chi connectivity index (χ1) is 15.3. The molecule has 0 spiro atoms. The number of benzene rings is 3. The molecule has 0 atom stereocenters. The number of aromatic nitrogens is 1. The Hall–Kier alpha value is -3.49. The van der Waals surface area contributed by atoms with Gasteiger partial charge in [0.15, 0.2) is 0 Å². The molecular weight excluding hydrogens is 453 g/mol. The summed E-state index contributed by atoms with van der Waals surface area (Å²) in [4.78, 5) is 17.1. The number of sulfonamides is 1. The Kier molecular flexibility index (Phi) is 5.82. The van der Waals surface area contributed by atoms with E-state index >= 15 is 0 Å². The summed E-state index contributed by atoms with van der Waals surface area (Å²) in [5.74, 6) is -1.05. The molecule has 0 aliphatic carbocycles. The monoisotopic (exact) mass is 469 g/mol. The lowest BCUT2D eigenvalue weighted by Crippen LogP contribution is -2.27. The Labute approximate surface area is 189 Å². The third-order valence-corrected chi connectivity index (χ3v) is 7.02. The van der Waals surface area contributed by atoms with E-state index in [1.54, 1.807) is 24.4 Å². The maximum Gasteiger partial charge on any atom is 0.264 e. The van der Waals surface area contributed by atoms with Crippen molar-refractivity contribution >= 4 is 49.8 Å². The van der Waals surface area contributed by atoms with Crippen LogP contribution in [-0.2, 0) is 10.0 Å². The quantitative estimate of drug-likeness (QED) is 0.440. The van der Waals surface area contributed by atoms with E-state index in [1.807, 2.05) is 12.1 Å². The molecule has 0 aliphatic heterocycles. The van der Waals surface area contributed by atoms with Gasteiger partial charge in [0.05, 0.1) is 32.4 Å². The van der Waals surface area contributed by atoms with E-state index in [4.69, 9.17) is 11.6 Å². The minimum absolute atomic E-state index is 0.00631. The Morgan fingerprint density at radius 3 is 2.50 bits per heavy atom. The number of hydrogen-bond acceptors (Lipinski definition) is 4. The van der Waals surface area contributed by atoms with Crippen LogP contribution in [0.2, 0.25) is 5.02 Å². The summed E-state index contributed by atoms with van der Waals surface area (Å²) >= 11 is 6.21. The molecule has 3 aromatic carbocycles. The molecule has 0 radical (unpaired) electrons. The molecule has 1 amide bonds. The molecule has 0 bridgehead atoms. The van der Waals surface area contributed by atoms with E-state index in [2.05, 4.69) is 10.3 Å². The maximum absolute atomic E-state index is 13.2. The lowest BCUT2D eigenvalue weighted by Gasteiger charge is -2.20. The van der Waals surface area contributed by atoms with E-state index in [1.165, 1.54) is 49.5 Å². The Morgan fingerprint density at radius 1 is 1.03 bits per heavy atom. The number of amides is 1. The first kappa shape index (κ1) is 21.7. The van der Waals surface area contributed by atoms with E-state index in [0.717, 1.165) is 9.69 Å². The molecule has 1 N–H and O–H groups in total. The lowest BCUT2D eigenvalue weighted by molar-refractivity contribution is 0.102. The molecule has 1 aromatic heterocycles. The van der Waals surface area contributed by atoms with Crippen molar-refractivity contribution in [3.05, 3.63) is 95.4 Å². The number of rotatable bonds is 5. The zero-order valence-corrected chi connectivity index (χ0v) is 18.4. The summed E-state index contributed by atoms with van der Waals surface area (Å²) in [6.45, 7) is 0. The average Bonchev–Trinajstić information content (AvgIpc) is 2.79. The maximum atomic E-state index is 13.2. The Bertz CT molecular complexity index is 1420. The van der Waals surface area contributed by atoms with Crippen LogP contribution in [0.15, 0.2) is 83.9 Å². The van der Waals surface area contributed by atoms with Gasteiger partial charge in [-0.1, -0.05) is 29.8 Å². The standard InChI is InChI=1S/C23H17ClFN3O3S/c1-28(17-9-7-16(25)8-10-17)32(30,31)18-11-12-20(24)19(14-18)23(29)27-21-6-2-4-15-5-3-13-26-22(15)21/h2-14H,1H3,(H,27,29). The van der Waals surface area contributed by atoms with Crippen LogP contribution in [-0.4, -0.2) is 26.4 Å². The molecule has 0 saturated heterocycles. The highest BCUT2D eigenvalue weighted by Crippen LogP contribution is 2.27. The summed E-state index contributed by atoms with van der Waals surface area (Å²) < 4.78 is 40.4. The van der Waals surface area contributed by atoms with Crippen molar-refractivity contribution < 1.29 is 17.6 Å². The van der Waals surface area contributed by atoms with E-state index in [0.29, 0.717) is 11.2 Å². The summed E-state index contributed by atoms with van der Waals surface area (Å²) in [7, 11) is -2.68. The predicted molar refractivity (Wildman–Crippen MR) is 123 cm³/mol. The molecule has 6 nitrogen and oxygen atoms in total. The number of nitrogens with one attached hydrogen (secondary N) is 1. The van der Waals surface area contributed by atoms with E-state index < -0.39 is 21.7 Å². The third kappa shape index (κ3) is 4.15. The minimum Gasteiger partial charge on any atom is -0.320 e. The van der Waals surface area contributed by atoms with Crippen molar-refractivity contribution in [2.45, 2.75) is 4.90 Å². The molecule has 0 fully saturated rings. The van der Waals surface area contributed by atoms with Crippen LogP contribution in [0.3, 0.4) is 0 Å². The number of anilines is 2. The second-order valence-corrected chi connectivity index (χ2v) is 9.30. The van der Waals surface area contributed by atoms with Crippen molar-refractivity contribution in [2.75, 3.05) is 16.7 Å². The second kappa shape index (κ2) is 8.57. The first-order valence-corrected chi connectivity index (χ1v) is 11.3. The minimum atomic E-state index is -4.03. The van der Waals surface area contributed by atoms with Gasteiger partial charge in [-0.3, -0.25) is 14.1 Å². The summed E-state index contributed by atoms with van der Waals surface area (Å²) in [6.07, 6.45) is 1.61. The predicted octanol–water partition coefficient (Wildman–Crippen LogP) is 5.10. The van der Waals surface area contributed by atoms with Crippen LogP contribution >= 0.6 is 11.6 Å². The Morgan fingerprint density at radius 2 is 1.75 bits per heavy atom. The highest BCUT2D eigenvalue weighted by Gasteiger charge is 2.24. The van der Waals surface area contributed by atoms with Gasteiger partial charge in [-0.2, -0.15) is 0 Å². The summed E-state index contributed by atoms with van der Waals surface area (Å²) in [6, 6.07) is 17.9. The van der Waals surface area contributed by atoms with Gasteiger partial charge in [0.1, 0.15) is 5.82 Å². The fourth-order valence-corrected chi connectivity index (χ4v) is 4.61. The molecule has 0 unspecified atom stereocenters. The molecule has 0 aliphatic rings. The number of halogens is 2. The number of carbonyl (C=O) groups excluding carboxylic acids is 1. The number of fused-ring (bicyclic) bond motifs is 1. The van der Waals surface area contributed by atoms with Crippen molar-refractivity contribution in [1.29, 1.82) is 0 Å². The number of para-hydroxylation sites is 1. The van der Waals surface area contributed by atoms with Gasteiger partial charge in [0.2, 0.25) is 0 Å². The van der Waals surface area contributed by atoms with Crippen LogP contribution in [0.5, 0.6) is 0 Å². The van der Waals surface area contributed by atoms with Crippen LogP contribution < -0.4 is 9.62 Å². The molecule has 9 heteroatoms. The van der Waals surface area contributed by atoms with Crippen LogP contribution in [0.4, 0.5) is 15.8 Å². The molecule has 4 aromatic rings. The molecule has 32 heavy (non-hydrogen) atoms. The molecule has 162 valence electrons. The number of hydrogen-bond donors (Lipinski definition) is 1. The lowest BCUT2D eigenvalue weighted by atomic mass is 10.1. The molecule has 0 saturated carbocycles. The van der Waals surface area contributed by atoms with Gasteiger partial charge in [-0.25, -0.2) is 12.8 Å². The highest BCUT2D eigenvalue weighted by atomic mass is 35.5. The van der Waals surface area contributed by atoms with E-state index in [9.17, 15) is 17.6 Å². The van der Waals surface area contributed by atoms with Crippen molar-refractivity contribution in [1.82, 2.24) is 4.98 Å². The zero-order valence-electron chi connectivity index (χ0n) is 16.8. The second-order valence-electron chi connectivity index (χ2n) is 6.93.